The number of carbonyl (C=O) groups excluding carboxylic acids is 1. The highest BCUT2D eigenvalue weighted by Gasteiger charge is 2.18. The van der Waals surface area contributed by atoms with Gasteiger partial charge in [0.15, 0.2) is 0 Å². The summed E-state index contributed by atoms with van der Waals surface area (Å²) in [5.74, 6) is -1.94. The van der Waals surface area contributed by atoms with Crippen LogP contribution >= 0.6 is 11.8 Å². The van der Waals surface area contributed by atoms with Crippen molar-refractivity contribution in [2.24, 2.45) is 0 Å². The largest absolute Gasteiger partial charge is 0.459 e. The van der Waals surface area contributed by atoms with Crippen molar-refractivity contribution in [1.29, 1.82) is 0 Å². The Labute approximate surface area is 128 Å². The average molecular weight is 317 g/mol. The standard InChI is InChI=1S/C15H21F2NO2S/c1-5-18-8-10-6-11(16)14(12(17)7-10)21-9-13(19)20-15(2,3)4/h6-7,18H,5,8-9H2,1-4H3. The Morgan fingerprint density at radius 3 is 2.33 bits per heavy atom. The number of benzene rings is 1. The van der Waals surface area contributed by atoms with Gasteiger partial charge >= 0.3 is 5.97 Å². The first-order chi connectivity index (χ1) is 9.73. The fraction of sp³-hybridized carbons (Fsp3) is 0.533. The van der Waals surface area contributed by atoms with Gasteiger partial charge in [-0.1, -0.05) is 6.92 Å². The number of hydrogen-bond donors (Lipinski definition) is 1. The van der Waals surface area contributed by atoms with E-state index in [9.17, 15) is 13.6 Å². The van der Waals surface area contributed by atoms with Crippen LogP contribution in [-0.4, -0.2) is 23.9 Å². The first kappa shape index (κ1) is 17.9. The minimum Gasteiger partial charge on any atom is -0.459 e. The van der Waals surface area contributed by atoms with Gasteiger partial charge in [-0.3, -0.25) is 4.79 Å². The van der Waals surface area contributed by atoms with Crippen molar-refractivity contribution in [1.82, 2.24) is 5.32 Å². The molecule has 0 aromatic heterocycles. The second-order valence-corrected chi connectivity index (χ2v) is 6.53. The Morgan fingerprint density at radius 2 is 1.86 bits per heavy atom. The number of esters is 1. The summed E-state index contributed by atoms with van der Waals surface area (Å²) in [6.45, 7) is 8.27. The van der Waals surface area contributed by atoms with Gasteiger partial charge in [0.1, 0.15) is 17.2 Å². The van der Waals surface area contributed by atoms with E-state index >= 15 is 0 Å². The van der Waals surface area contributed by atoms with Crippen LogP contribution < -0.4 is 5.32 Å². The summed E-state index contributed by atoms with van der Waals surface area (Å²) < 4.78 is 32.9. The van der Waals surface area contributed by atoms with Gasteiger partial charge in [-0.05, 0) is 45.0 Å². The predicted octanol–water partition coefficient (Wildman–Crippen LogP) is 3.51. The zero-order valence-corrected chi connectivity index (χ0v) is 13.6. The predicted molar refractivity (Wildman–Crippen MR) is 80.3 cm³/mol. The van der Waals surface area contributed by atoms with E-state index in [2.05, 4.69) is 5.32 Å². The average Bonchev–Trinajstić information content (AvgIpc) is 2.33. The molecular weight excluding hydrogens is 296 g/mol. The van der Waals surface area contributed by atoms with Crippen molar-refractivity contribution >= 4 is 17.7 Å². The molecule has 0 heterocycles. The van der Waals surface area contributed by atoms with Crippen molar-refractivity contribution in [3.8, 4) is 0 Å². The van der Waals surface area contributed by atoms with E-state index < -0.39 is 23.2 Å². The summed E-state index contributed by atoms with van der Waals surface area (Å²) in [4.78, 5) is 11.4. The van der Waals surface area contributed by atoms with Crippen LogP contribution in [0.2, 0.25) is 0 Å². The van der Waals surface area contributed by atoms with Gasteiger partial charge in [-0.15, -0.1) is 11.8 Å². The molecule has 118 valence electrons. The maximum Gasteiger partial charge on any atom is 0.316 e. The minimum atomic E-state index is -0.656. The lowest BCUT2D eigenvalue weighted by Gasteiger charge is -2.19. The molecule has 1 aromatic rings. The monoisotopic (exact) mass is 317 g/mol. The molecule has 0 fully saturated rings. The molecule has 0 aliphatic carbocycles. The highest BCUT2D eigenvalue weighted by Crippen LogP contribution is 2.27. The van der Waals surface area contributed by atoms with Crippen LogP contribution in [0.25, 0.3) is 0 Å². The molecule has 1 rings (SSSR count). The molecule has 0 saturated carbocycles. The van der Waals surface area contributed by atoms with Crippen LogP contribution in [0.1, 0.15) is 33.3 Å². The van der Waals surface area contributed by atoms with Crippen LogP contribution in [0.4, 0.5) is 8.78 Å². The maximum atomic E-state index is 13.9. The zero-order chi connectivity index (χ0) is 16.0. The van der Waals surface area contributed by atoms with E-state index in [1.165, 1.54) is 12.1 Å². The van der Waals surface area contributed by atoms with E-state index in [1.807, 2.05) is 6.92 Å². The molecule has 0 unspecified atom stereocenters. The summed E-state index contributed by atoms with van der Waals surface area (Å²) in [7, 11) is 0. The number of ether oxygens (including phenoxy) is 1. The van der Waals surface area contributed by atoms with Crippen LogP contribution in [0.3, 0.4) is 0 Å². The summed E-state index contributed by atoms with van der Waals surface area (Å²) in [5, 5.41) is 3.00. The van der Waals surface area contributed by atoms with Gasteiger partial charge < -0.3 is 10.1 Å². The molecule has 0 atom stereocenters. The third-order valence-corrected chi connectivity index (χ3v) is 3.45. The highest BCUT2D eigenvalue weighted by molar-refractivity contribution is 8.00. The van der Waals surface area contributed by atoms with Crippen molar-refractivity contribution in [2.75, 3.05) is 12.3 Å². The van der Waals surface area contributed by atoms with Crippen molar-refractivity contribution < 1.29 is 18.3 Å². The third-order valence-electron chi connectivity index (χ3n) is 2.39. The first-order valence-electron chi connectivity index (χ1n) is 6.76. The normalized spacial score (nSPS) is 11.5. The van der Waals surface area contributed by atoms with Crippen LogP contribution in [0.5, 0.6) is 0 Å². The molecule has 0 aliphatic rings. The molecule has 0 spiro atoms. The Hall–Kier alpha value is -1.14. The number of thioether (sulfide) groups is 1. The Morgan fingerprint density at radius 1 is 1.29 bits per heavy atom. The molecule has 3 nitrogen and oxygen atoms in total. The molecule has 0 amide bonds. The third kappa shape index (κ3) is 6.44. The molecule has 1 N–H and O–H groups in total. The molecule has 6 heteroatoms. The molecule has 0 saturated heterocycles. The molecule has 0 bridgehead atoms. The van der Waals surface area contributed by atoms with Gasteiger partial charge in [0.05, 0.1) is 10.6 Å². The maximum absolute atomic E-state index is 13.9. The summed E-state index contributed by atoms with van der Waals surface area (Å²) in [6.07, 6.45) is 0. The lowest BCUT2D eigenvalue weighted by Crippen LogP contribution is -2.25. The minimum absolute atomic E-state index is 0.127. The number of halogens is 2. The van der Waals surface area contributed by atoms with Crippen molar-refractivity contribution in [3.05, 3.63) is 29.3 Å². The van der Waals surface area contributed by atoms with E-state index in [0.29, 0.717) is 12.1 Å². The summed E-state index contributed by atoms with van der Waals surface area (Å²) in [6, 6.07) is 2.56. The zero-order valence-electron chi connectivity index (χ0n) is 12.8. The number of rotatable bonds is 6. The van der Waals surface area contributed by atoms with E-state index in [1.54, 1.807) is 20.8 Å². The van der Waals surface area contributed by atoms with E-state index in [0.717, 1.165) is 18.3 Å². The number of nitrogens with one attached hydrogen (secondary N) is 1. The van der Waals surface area contributed by atoms with Gasteiger partial charge in [0.25, 0.3) is 0 Å². The van der Waals surface area contributed by atoms with Crippen LogP contribution in [0.15, 0.2) is 17.0 Å². The Bertz CT molecular complexity index is 478. The molecule has 0 radical (unpaired) electrons. The molecule has 1 aromatic carbocycles. The molecule has 0 aliphatic heterocycles. The first-order valence-corrected chi connectivity index (χ1v) is 7.74. The topological polar surface area (TPSA) is 38.3 Å². The fourth-order valence-electron chi connectivity index (χ4n) is 1.62. The summed E-state index contributed by atoms with van der Waals surface area (Å²) >= 11 is 0.810. The second kappa shape index (κ2) is 7.75. The van der Waals surface area contributed by atoms with Gasteiger partial charge in [0.2, 0.25) is 0 Å². The van der Waals surface area contributed by atoms with Gasteiger partial charge in [-0.25, -0.2) is 8.78 Å². The summed E-state index contributed by atoms with van der Waals surface area (Å²) in [5.41, 5.74) is -0.0711. The van der Waals surface area contributed by atoms with Gasteiger partial charge in [0, 0.05) is 6.54 Å². The Balaban J connectivity index is 2.69. The lowest BCUT2D eigenvalue weighted by molar-refractivity contribution is -0.151. The highest BCUT2D eigenvalue weighted by atomic mass is 32.2. The molecule has 21 heavy (non-hydrogen) atoms. The molecular formula is C15H21F2NO2S. The van der Waals surface area contributed by atoms with E-state index in [-0.39, 0.29) is 10.6 Å². The Kier molecular flexibility index (Phi) is 6.61. The lowest BCUT2D eigenvalue weighted by atomic mass is 10.2. The van der Waals surface area contributed by atoms with Crippen LogP contribution in [-0.2, 0) is 16.1 Å². The second-order valence-electron chi connectivity index (χ2n) is 5.54. The van der Waals surface area contributed by atoms with Gasteiger partial charge in [-0.2, -0.15) is 0 Å². The van der Waals surface area contributed by atoms with Crippen LogP contribution in [0, 0.1) is 11.6 Å². The van der Waals surface area contributed by atoms with Crippen molar-refractivity contribution in [3.63, 3.8) is 0 Å². The fourth-order valence-corrected chi connectivity index (χ4v) is 2.34. The SMILES string of the molecule is CCNCc1cc(F)c(SCC(=O)OC(C)(C)C)c(F)c1. The quantitative estimate of drug-likeness (QED) is 0.644. The number of hydrogen-bond acceptors (Lipinski definition) is 4. The van der Waals surface area contributed by atoms with E-state index in [4.69, 9.17) is 4.74 Å². The smallest absolute Gasteiger partial charge is 0.316 e. The van der Waals surface area contributed by atoms with Crippen molar-refractivity contribution in [2.45, 2.75) is 44.7 Å². The number of carbonyl (C=O) groups is 1.